The fourth-order valence-corrected chi connectivity index (χ4v) is 3.09. The molecule has 1 saturated carbocycles. The number of hydrogen-bond donors (Lipinski definition) is 2. The normalized spacial score (nSPS) is 30.8. The smallest absolute Gasteiger partial charge is 0.0153 e. The van der Waals surface area contributed by atoms with Crippen LogP contribution < -0.4 is 10.6 Å². The monoisotopic (exact) mass is 224 g/mol. The van der Waals surface area contributed by atoms with Gasteiger partial charge in [0.2, 0.25) is 0 Å². The number of rotatable bonds is 5. The van der Waals surface area contributed by atoms with E-state index < -0.39 is 0 Å². The molecule has 0 aromatic heterocycles. The Kier molecular flexibility index (Phi) is 4.26. The van der Waals surface area contributed by atoms with Crippen molar-refractivity contribution in [3.63, 3.8) is 0 Å². The van der Waals surface area contributed by atoms with Crippen molar-refractivity contribution in [3.05, 3.63) is 0 Å². The van der Waals surface area contributed by atoms with Gasteiger partial charge in [-0.1, -0.05) is 6.92 Å². The summed E-state index contributed by atoms with van der Waals surface area (Å²) in [4.78, 5) is 0. The van der Waals surface area contributed by atoms with Crippen LogP contribution in [0.4, 0.5) is 0 Å². The Morgan fingerprint density at radius 2 is 2.19 bits per heavy atom. The predicted molar refractivity (Wildman–Crippen MR) is 69.6 cm³/mol. The first kappa shape index (κ1) is 12.4. The van der Waals surface area contributed by atoms with E-state index in [1.807, 2.05) is 0 Å². The topological polar surface area (TPSA) is 24.1 Å². The van der Waals surface area contributed by atoms with Crippen LogP contribution in [0, 0.1) is 11.8 Å². The fraction of sp³-hybridized carbons (Fsp3) is 1.00. The standard InChI is InChI=1S/C14H28N2/c1-12(13-5-3-9-15-11-13)6-10-16-14(2)7-4-8-14/h12-13,15-16H,3-11H2,1-2H3. The molecule has 2 nitrogen and oxygen atoms in total. The summed E-state index contributed by atoms with van der Waals surface area (Å²) < 4.78 is 0. The van der Waals surface area contributed by atoms with E-state index in [1.165, 1.54) is 58.2 Å². The van der Waals surface area contributed by atoms with E-state index in [0.717, 1.165) is 11.8 Å². The molecule has 1 aliphatic heterocycles. The van der Waals surface area contributed by atoms with E-state index in [9.17, 15) is 0 Å². The van der Waals surface area contributed by atoms with Crippen LogP contribution in [0.25, 0.3) is 0 Å². The summed E-state index contributed by atoms with van der Waals surface area (Å²) in [5, 5.41) is 7.27. The van der Waals surface area contributed by atoms with Gasteiger partial charge in [-0.05, 0) is 76.9 Å². The lowest BCUT2D eigenvalue weighted by Gasteiger charge is -2.40. The molecular formula is C14H28N2. The highest BCUT2D eigenvalue weighted by atomic mass is 15.0. The molecule has 94 valence electrons. The molecule has 2 N–H and O–H groups in total. The lowest BCUT2D eigenvalue weighted by Crippen LogP contribution is -2.48. The lowest BCUT2D eigenvalue weighted by atomic mass is 9.78. The number of hydrogen-bond acceptors (Lipinski definition) is 2. The maximum absolute atomic E-state index is 3.75. The van der Waals surface area contributed by atoms with Gasteiger partial charge in [-0.2, -0.15) is 0 Å². The average molecular weight is 224 g/mol. The van der Waals surface area contributed by atoms with Crippen LogP contribution in [0.1, 0.15) is 52.4 Å². The predicted octanol–water partition coefficient (Wildman–Crippen LogP) is 2.54. The summed E-state index contributed by atoms with van der Waals surface area (Å²) >= 11 is 0. The van der Waals surface area contributed by atoms with Crippen LogP contribution in [-0.2, 0) is 0 Å². The molecule has 16 heavy (non-hydrogen) atoms. The Bertz CT molecular complexity index is 205. The van der Waals surface area contributed by atoms with Gasteiger partial charge >= 0.3 is 0 Å². The van der Waals surface area contributed by atoms with Crippen molar-refractivity contribution in [3.8, 4) is 0 Å². The van der Waals surface area contributed by atoms with Crippen LogP contribution in [0.5, 0.6) is 0 Å². The van der Waals surface area contributed by atoms with Crippen molar-refractivity contribution in [1.29, 1.82) is 0 Å². The molecule has 0 aromatic rings. The Labute approximate surface area is 101 Å². The molecule has 1 heterocycles. The van der Waals surface area contributed by atoms with Gasteiger partial charge in [-0.3, -0.25) is 0 Å². The van der Waals surface area contributed by atoms with Gasteiger partial charge in [-0.15, -0.1) is 0 Å². The van der Waals surface area contributed by atoms with Crippen molar-refractivity contribution in [2.75, 3.05) is 19.6 Å². The van der Waals surface area contributed by atoms with Crippen LogP contribution in [0.15, 0.2) is 0 Å². The van der Waals surface area contributed by atoms with Crippen molar-refractivity contribution in [2.45, 2.75) is 57.9 Å². The van der Waals surface area contributed by atoms with Gasteiger partial charge < -0.3 is 10.6 Å². The molecular weight excluding hydrogens is 196 g/mol. The lowest BCUT2D eigenvalue weighted by molar-refractivity contribution is 0.194. The molecule has 0 spiro atoms. The summed E-state index contributed by atoms with van der Waals surface area (Å²) in [7, 11) is 0. The molecule has 0 amide bonds. The Morgan fingerprint density at radius 3 is 2.75 bits per heavy atom. The SMILES string of the molecule is CC(CCNC1(C)CCC1)C1CCCNC1. The zero-order chi connectivity index (χ0) is 11.4. The molecule has 2 unspecified atom stereocenters. The molecule has 0 radical (unpaired) electrons. The maximum atomic E-state index is 3.75. The molecule has 2 heteroatoms. The third-order valence-corrected chi connectivity index (χ3v) is 4.75. The van der Waals surface area contributed by atoms with Gasteiger partial charge in [-0.25, -0.2) is 0 Å². The van der Waals surface area contributed by atoms with Gasteiger partial charge in [0, 0.05) is 5.54 Å². The highest BCUT2D eigenvalue weighted by Gasteiger charge is 2.30. The first-order valence-corrected chi connectivity index (χ1v) is 7.15. The number of nitrogens with one attached hydrogen (secondary N) is 2. The van der Waals surface area contributed by atoms with Crippen molar-refractivity contribution in [2.24, 2.45) is 11.8 Å². The quantitative estimate of drug-likeness (QED) is 0.750. The Balaban J connectivity index is 1.61. The summed E-state index contributed by atoms with van der Waals surface area (Å²) in [6.07, 6.45) is 8.35. The van der Waals surface area contributed by atoms with Crippen LogP contribution >= 0.6 is 0 Å². The average Bonchev–Trinajstić information content (AvgIpc) is 2.28. The molecule has 0 bridgehead atoms. The van der Waals surface area contributed by atoms with E-state index >= 15 is 0 Å². The first-order valence-electron chi connectivity index (χ1n) is 7.15. The second kappa shape index (κ2) is 5.50. The molecule has 1 aliphatic carbocycles. The minimum atomic E-state index is 0.491. The van der Waals surface area contributed by atoms with E-state index in [1.54, 1.807) is 0 Å². The van der Waals surface area contributed by atoms with Gasteiger partial charge in [0.15, 0.2) is 0 Å². The van der Waals surface area contributed by atoms with Gasteiger partial charge in [0.05, 0.1) is 0 Å². The van der Waals surface area contributed by atoms with Crippen molar-refractivity contribution >= 4 is 0 Å². The minimum Gasteiger partial charge on any atom is -0.316 e. The molecule has 2 atom stereocenters. The van der Waals surface area contributed by atoms with Crippen molar-refractivity contribution < 1.29 is 0 Å². The third-order valence-electron chi connectivity index (χ3n) is 4.75. The Morgan fingerprint density at radius 1 is 1.38 bits per heavy atom. The molecule has 2 aliphatic rings. The summed E-state index contributed by atoms with van der Waals surface area (Å²) in [5.41, 5.74) is 0.491. The molecule has 0 aromatic carbocycles. The van der Waals surface area contributed by atoms with Crippen LogP contribution in [0.3, 0.4) is 0 Å². The number of piperidine rings is 1. The van der Waals surface area contributed by atoms with E-state index in [-0.39, 0.29) is 0 Å². The zero-order valence-corrected chi connectivity index (χ0v) is 11.0. The summed E-state index contributed by atoms with van der Waals surface area (Å²) in [5.74, 6) is 1.80. The van der Waals surface area contributed by atoms with E-state index in [4.69, 9.17) is 0 Å². The third kappa shape index (κ3) is 3.21. The zero-order valence-electron chi connectivity index (χ0n) is 11.0. The summed E-state index contributed by atoms with van der Waals surface area (Å²) in [6, 6.07) is 0. The Hall–Kier alpha value is -0.0800. The van der Waals surface area contributed by atoms with Crippen LogP contribution in [-0.4, -0.2) is 25.2 Å². The molecule has 2 fully saturated rings. The maximum Gasteiger partial charge on any atom is 0.0153 e. The fourth-order valence-electron chi connectivity index (χ4n) is 3.09. The highest BCUT2D eigenvalue weighted by Crippen LogP contribution is 2.31. The largest absolute Gasteiger partial charge is 0.316 e. The highest BCUT2D eigenvalue weighted by molar-refractivity contribution is 4.91. The van der Waals surface area contributed by atoms with Crippen LogP contribution in [0.2, 0.25) is 0 Å². The van der Waals surface area contributed by atoms with E-state index in [2.05, 4.69) is 24.5 Å². The van der Waals surface area contributed by atoms with E-state index in [0.29, 0.717) is 5.54 Å². The van der Waals surface area contributed by atoms with Gasteiger partial charge in [0.1, 0.15) is 0 Å². The second-order valence-corrected chi connectivity index (χ2v) is 6.21. The summed E-state index contributed by atoms with van der Waals surface area (Å²) in [6.45, 7) is 8.51. The van der Waals surface area contributed by atoms with Gasteiger partial charge in [0.25, 0.3) is 0 Å². The van der Waals surface area contributed by atoms with Crippen molar-refractivity contribution in [1.82, 2.24) is 10.6 Å². The second-order valence-electron chi connectivity index (χ2n) is 6.21. The minimum absolute atomic E-state index is 0.491. The molecule has 1 saturated heterocycles. The first-order chi connectivity index (χ1) is 7.70. The molecule has 2 rings (SSSR count).